The fraction of sp³-hybridized carbons (Fsp3) is 0.611. The molecule has 1 heterocycles. The van der Waals surface area contributed by atoms with Gasteiger partial charge in [-0.2, -0.15) is 0 Å². The molecule has 3 heteroatoms. The van der Waals surface area contributed by atoms with Crippen LogP contribution in [-0.2, 0) is 11.3 Å². The molecule has 0 saturated carbocycles. The van der Waals surface area contributed by atoms with Crippen molar-refractivity contribution in [3.8, 4) is 0 Å². The van der Waals surface area contributed by atoms with Gasteiger partial charge in [0, 0.05) is 32.1 Å². The lowest BCUT2D eigenvalue weighted by atomic mass is 9.94. The van der Waals surface area contributed by atoms with Crippen molar-refractivity contribution >= 4 is 5.91 Å². The summed E-state index contributed by atoms with van der Waals surface area (Å²) in [6.45, 7) is 6.87. The number of rotatable bonds is 6. The Morgan fingerprint density at radius 3 is 2.71 bits per heavy atom. The summed E-state index contributed by atoms with van der Waals surface area (Å²) in [5.74, 6) is 0.896. The molecule has 1 amide bonds. The molecule has 1 aliphatic heterocycles. The summed E-state index contributed by atoms with van der Waals surface area (Å²) >= 11 is 0. The molecule has 2 rings (SSSR count). The van der Waals surface area contributed by atoms with E-state index in [2.05, 4.69) is 31.3 Å². The molecule has 0 N–H and O–H groups in total. The summed E-state index contributed by atoms with van der Waals surface area (Å²) in [6, 6.07) is 10.5. The fourth-order valence-corrected chi connectivity index (χ4v) is 2.90. The molecule has 3 nitrogen and oxygen atoms in total. The van der Waals surface area contributed by atoms with Gasteiger partial charge in [-0.15, -0.1) is 0 Å². The molecule has 0 aliphatic carbocycles. The predicted molar refractivity (Wildman–Crippen MR) is 86.0 cm³/mol. The molecule has 1 radical (unpaired) electrons. The van der Waals surface area contributed by atoms with Gasteiger partial charge < -0.3 is 4.90 Å². The smallest absolute Gasteiger partial charge is 0.223 e. The quantitative estimate of drug-likeness (QED) is 0.791. The van der Waals surface area contributed by atoms with Crippen molar-refractivity contribution in [1.82, 2.24) is 10.2 Å². The number of carbonyl (C=O) groups is 1. The zero-order chi connectivity index (χ0) is 15.1. The lowest BCUT2D eigenvalue weighted by Gasteiger charge is -2.28. The van der Waals surface area contributed by atoms with Crippen LogP contribution < -0.4 is 5.32 Å². The molecule has 1 aromatic rings. The zero-order valence-electron chi connectivity index (χ0n) is 13.3. The maximum absolute atomic E-state index is 12.5. The average Bonchev–Trinajstić information content (AvgIpc) is 2.52. The van der Waals surface area contributed by atoms with Gasteiger partial charge in [0.2, 0.25) is 5.91 Å². The molecule has 1 atom stereocenters. The lowest BCUT2D eigenvalue weighted by Crippen LogP contribution is -2.37. The second-order valence-electron chi connectivity index (χ2n) is 6.28. The Balaban J connectivity index is 1.86. The molecule has 0 bridgehead atoms. The van der Waals surface area contributed by atoms with Crippen LogP contribution >= 0.6 is 0 Å². The molecular formula is C18H27N2O. The van der Waals surface area contributed by atoms with Crippen LogP contribution in [-0.4, -0.2) is 29.9 Å². The predicted octanol–water partition coefficient (Wildman–Crippen LogP) is 3.22. The van der Waals surface area contributed by atoms with Crippen molar-refractivity contribution < 1.29 is 4.79 Å². The third kappa shape index (κ3) is 5.16. The number of hydrogen-bond donors (Lipinski definition) is 0. The molecule has 0 spiro atoms. The van der Waals surface area contributed by atoms with Crippen LogP contribution in [0.3, 0.4) is 0 Å². The van der Waals surface area contributed by atoms with Gasteiger partial charge in [0.15, 0.2) is 0 Å². The minimum absolute atomic E-state index is 0.244. The molecule has 1 unspecified atom stereocenters. The lowest BCUT2D eigenvalue weighted by molar-refractivity contribution is -0.133. The minimum atomic E-state index is 0.244. The highest BCUT2D eigenvalue weighted by atomic mass is 16.2. The van der Waals surface area contributed by atoms with Crippen LogP contribution in [0.4, 0.5) is 0 Å². The Kier molecular flexibility index (Phi) is 6.24. The normalized spacial score (nSPS) is 18.7. The van der Waals surface area contributed by atoms with Crippen LogP contribution in [0.5, 0.6) is 0 Å². The van der Waals surface area contributed by atoms with Crippen LogP contribution in [0.15, 0.2) is 30.3 Å². The molecule has 1 saturated heterocycles. The van der Waals surface area contributed by atoms with E-state index in [0.29, 0.717) is 18.9 Å². The molecule has 21 heavy (non-hydrogen) atoms. The van der Waals surface area contributed by atoms with Gasteiger partial charge in [0.25, 0.3) is 0 Å². The molecule has 1 fully saturated rings. The number of benzene rings is 1. The van der Waals surface area contributed by atoms with Crippen molar-refractivity contribution in [1.29, 1.82) is 0 Å². The van der Waals surface area contributed by atoms with Crippen molar-refractivity contribution in [2.75, 3.05) is 13.1 Å². The number of nitrogens with zero attached hydrogens (tertiary/aromatic N) is 2. The first-order chi connectivity index (χ1) is 10.2. The largest absolute Gasteiger partial charge is 0.336 e. The fourth-order valence-electron chi connectivity index (χ4n) is 2.90. The molecule has 1 aromatic carbocycles. The second-order valence-corrected chi connectivity index (χ2v) is 6.28. The van der Waals surface area contributed by atoms with E-state index >= 15 is 0 Å². The van der Waals surface area contributed by atoms with Crippen molar-refractivity contribution in [3.05, 3.63) is 35.9 Å². The van der Waals surface area contributed by atoms with Crippen LogP contribution in [0.2, 0.25) is 0 Å². The summed E-state index contributed by atoms with van der Waals surface area (Å²) in [7, 11) is 0. The van der Waals surface area contributed by atoms with Gasteiger partial charge in [-0.3, -0.25) is 4.79 Å². The second kappa shape index (κ2) is 8.18. The van der Waals surface area contributed by atoms with Crippen molar-refractivity contribution in [2.24, 2.45) is 5.92 Å². The highest BCUT2D eigenvalue weighted by molar-refractivity contribution is 5.76. The highest BCUT2D eigenvalue weighted by Gasteiger charge is 2.20. The first-order valence-corrected chi connectivity index (χ1v) is 8.13. The van der Waals surface area contributed by atoms with Crippen molar-refractivity contribution in [2.45, 2.75) is 52.1 Å². The van der Waals surface area contributed by atoms with E-state index in [4.69, 9.17) is 0 Å². The standard InChI is InChI=1S/C18H27N2O/c1-15(2)20(14-17-7-4-3-5-8-17)18(21)11-10-16-9-6-12-19-13-16/h3-5,7-8,15-16H,6,9-14H2,1-2H3. The molecule has 0 aromatic heterocycles. The highest BCUT2D eigenvalue weighted by Crippen LogP contribution is 2.18. The Hall–Kier alpha value is -1.35. The number of hydrogen-bond acceptors (Lipinski definition) is 1. The van der Waals surface area contributed by atoms with Crippen LogP contribution in [0, 0.1) is 5.92 Å². The summed E-state index contributed by atoms with van der Waals surface area (Å²) in [6.07, 6.45) is 4.07. The Morgan fingerprint density at radius 1 is 1.33 bits per heavy atom. The Labute approximate surface area is 128 Å². The van der Waals surface area contributed by atoms with Crippen LogP contribution in [0.1, 0.15) is 45.1 Å². The summed E-state index contributed by atoms with van der Waals surface area (Å²) < 4.78 is 0. The maximum Gasteiger partial charge on any atom is 0.223 e. The Bertz CT molecular complexity index is 424. The SMILES string of the molecule is CC(C)N(Cc1ccccc1)C(=O)CCC1CCC[N]C1. The minimum Gasteiger partial charge on any atom is -0.336 e. The van der Waals surface area contributed by atoms with E-state index in [0.717, 1.165) is 19.5 Å². The number of carbonyl (C=O) groups excluding carboxylic acids is 1. The molecule has 1 aliphatic rings. The summed E-state index contributed by atoms with van der Waals surface area (Å²) in [5, 5.41) is 4.46. The van der Waals surface area contributed by atoms with Crippen molar-refractivity contribution in [3.63, 3.8) is 0 Å². The summed E-state index contributed by atoms with van der Waals surface area (Å²) in [4.78, 5) is 14.5. The molecule has 115 valence electrons. The van der Waals surface area contributed by atoms with E-state index < -0.39 is 0 Å². The van der Waals surface area contributed by atoms with Gasteiger partial charge in [0.05, 0.1) is 0 Å². The maximum atomic E-state index is 12.5. The van der Waals surface area contributed by atoms with Gasteiger partial charge in [-0.1, -0.05) is 30.3 Å². The zero-order valence-corrected chi connectivity index (χ0v) is 13.3. The van der Waals surface area contributed by atoms with E-state index in [1.807, 2.05) is 23.1 Å². The van der Waals surface area contributed by atoms with Gasteiger partial charge in [0.1, 0.15) is 0 Å². The topological polar surface area (TPSA) is 34.4 Å². The number of amides is 1. The van der Waals surface area contributed by atoms with E-state index in [-0.39, 0.29) is 11.9 Å². The number of piperidine rings is 1. The third-order valence-electron chi connectivity index (χ3n) is 4.22. The van der Waals surface area contributed by atoms with E-state index in [9.17, 15) is 4.79 Å². The first-order valence-electron chi connectivity index (χ1n) is 8.13. The first kappa shape index (κ1) is 16.0. The van der Waals surface area contributed by atoms with Gasteiger partial charge >= 0.3 is 0 Å². The van der Waals surface area contributed by atoms with E-state index in [1.54, 1.807) is 0 Å². The molecular weight excluding hydrogens is 260 g/mol. The average molecular weight is 287 g/mol. The van der Waals surface area contributed by atoms with Crippen LogP contribution in [0.25, 0.3) is 0 Å². The Morgan fingerprint density at radius 2 is 2.10 bits per heavy atom. The summed E-state index contributed by atoms with van der Waals surface area (Å²) in [5.41, 5.74) is 1.20. The van der Waals surface area contributed by atoms with Gasteiger partial charge in [-0.05, 0) is 44.6 Å². The monoisotopic (exact) mass is 287 g/mol. The van der Waals surface area contributed by atoms with E-state index in [1.165, 1.54) is 18.4 Å². The van der Waals surface area contributed by atoms with Gasteiger partial charge in [-0.25, -0.2) is 5.32 Å². The third-order valence-corrected chi connectivity index (χ3v) is 4.22.